The van der Waals surface area contributed by atoms with Gasteiger partial charge in [0.2, 0.25) is 10.0 Å². The molecular formula is C15H20N2O3S. The van der Waals surface area contributed by atoms with Crippen molar-refractivity contribution in [3.05, 3.63) is 29.3 Å². The molecule has 0 aromatic heterocycles. The smallest absolute Gasteiger partial charge is 0.244 e. The molecule has 21 heavy (non-hydrogen) atoms. The fraction of sp³-hybridized carbons (Fsp3) is 0.533. The average molecular weight is 308 g/mol. The van der Waals surface area contributed by atoms with Crippen molar-refractivity contribution in [3.8, 4) is 6.07 Å². The lowest BCUT2D eigenvalue weighted by molar-refractivity contribution is -0.0186. The van der Waals surface area contributed by atoms with Gasteiger partial charge in [-0.2, -0.15) is 9.57 Å². The van der Waals surface area contributed by atoms with Gasteiger partial charge in [-0.25, -0.2) is 8.42 Å². The Morgan fingerprint density at radius 3 is 2.81 bits per heavy atom. The van der Waals surface area contributed by atoms with Crippen LogP contribution in [-0.4, -0.2) is 38.0 Å². The lowest BCUT2D eigenvalue weighted by Gasteiger charge is -2.43. The van der Waals surface area contributed by atoms with E-state index >= 15 is 0 Å². The van der Waals surface area contributed by atoms with Crippen molar-refractivity contribution in [2.75, 3.05) is 19.8 Å². The van der Waals surface area contributed by atoms with Crippen molar-refractivity contribution in [1.82, 2.24) is 4.31 Å². The summed E-state index contributed by atoms with van der Waals surface area (Å²) in [6.45, 7) is 6.72. The van der Waals surface area contributed by atoms with Crippen LogP contribution in [-0.2, 0) is 14.8 Å². The van der Waals surface area contributed by atoms with Crippen LogP contribution in [0.3, 0.4) is 0 Å². The van der Waals surface area contributed by atoms with E-state index in [1.54, 1.807) is 19.1 Å². The van der Waals surface area contributed by atoms with E-state index < -0.39 is 15.6 Å². The Bertz CT molecular complexity index is 679. The van der Waals surface area contributed by atoms with Gasteiger partial charge < -0.3 is 4.74 Å². The van der Waals surface area contributed by atoms with Crippen LogP contribution in [0.5, 0.6) is 0 Å². The number of nitriles is 1. The Kier molecular flexibility index (Phi) is 4.38. The first kappa shape index (κ1) is 16.0. The standard InChI is InChI=1S/C15H20N2O3S/c1-4-15(3)11-20-8-7-17(15)21(18,19)14-9-13(10-16)6-5-12(14)2/h5-6,9H,4,7-8,11H2,1-3H3. The molecule has 1 aromatic carbocycles. The van der Waals surface area contributed by atoms with Crippen LogP contribution >= 0.6 is 0 Å². The van der Waals surface area contributed by atoms with Crippen molar-refractivity contribution in [1.29, 1.82) is 5.26 Å². The molecule has 0 radical (unpaired) electrons. The van der Waals surface area contributed by atoms with E-state index in [2.05, 4.69) is 0 Å². The van der Waals surface area contributed by atoms with E-state index in [0.717, 1.165) is 0 Å². The van der Waals surface area contributed by atoms with Crippen molar-refractivity contribution in [3.63, 3.8) is 0 Å². The first-order valence-corrected chi connectivity index (χ1v) is 8.40. The van der Waals surface area contributed by atoms with Crippen molar-refractivity contribution < 1.29 is 13.2 Å². The lowest BCUT2D eigenvalue weighted by atomic mass is 9.99. The fourth-order valence-corrected chi connectivity index (χ4v) is 4.60. The minimum Gasteiger partial charge on any atom is -0.378 e. The summed E-state index contributed by atoms with van der Waals surface area (Å²) in [7, 11) is -3.64. The Balaban J connectivity index is 2.54. The Labute approximate surface area is 126 Å². The predicted octanol–water partition coefficient (Wildman–Crippen LogP) is 2.06. The van der Waals surface area contributed by atoms with E-state index in [1.165, 1.54) is 10.4 Å². The molecule has 1 heterocycles. The van der Waals surface area contributed by atoms with Gasteiger partial charge in [-0.1, -0.05) is 13.0 Å². The van der Waals surface area contributed by atoms with Gasteiger partial charge in [-0.3, -0.25) is 0 Å². The summed E-state index contributed by atoms with van der Waals surface area (Å²) < 4.78 is 33.0. The summed E-state index contributed by atoms with van der Waals surface area (Å²) in [6.07, 6.45) is 0.670. The lowest BCUT2D eigenvalue weighted by Crippen LogP contribution is -2.56. The number of sulfonamides is 1. The van der Waals surface area contributed by atoms with E-state index in [9.17, 15) is 8.42 Å². The van der Waals surface area contributed by atoms with Crippen LogP contribution in [0.2, 0.25) is 0 Å². The first-order valence-electron chi connectivity index (χ1n) is 6.96. The molecule has 0 saturated carbocycles. The summed E-state index contributed by atoms with van der Waals surface area (Å²) in [4.78, 5) is 0.211. The van der Waals surface area contributed by atoms with Gasteiger partial charge in [0, 0.05) is 6.54 Å². The van der Waals surface area contributed by atoms with Gasteiger partial charge in [-0.05, 0) is 38.0 Å². The zero-order valence-electron chi connectivity index (χ0n) is 12.6. The molecule has 114 valence electrons. The Morgan fingerprint density at radius 1 is 1.48 bits per heavy atom. The second kappa shape index (κ2) is 5.76. The molecule has 6 heteroatoms. The van der Waals surface area contributed by atoms with Crippen LogP contribution < -0.4 is 0 Å². The minimum atomic E-state index is -3.64. The molecular weight excluding hydrogens is 288 g/mol. The third-order valence-electron chi connectivity index (χ3n) is 4.10. The topological polar surface area (TPSA) is 70.4 Å². The van der Waals surface area contributed by atoms with E-state index in [4.69, 9.17) is 10.00 Å². The predicted molar refractivity (Wildman–Crippen MR) is 79.3 cm³/mol. The molecule has 1 aliphatic rings. The number of rotatable bonds is 3. The van der Waals surface area contributed by atoms with Crippen LogP contribution in [0.1, 0.15) is 31.4 Å². The van der Waals surface area contributed by atoms with Crippen molar-refractivity contribution in [2.24, 2.45) is 0 Å². The third-order valence-corrected chi connectivity index (χ3v) is 6.30. The van der Waals surface area contributed by atoms with Crippen LogP contribution in [0.4, 0.5) is 0 Å². The highest BCUT2D eigenvalue weighted by atomic mass is 32.2. The van der Waals surface area contributed by atoms with Gasteiger partial charge in [0.1, 0.15) is 0 Å². The van der Waals surface area contributed by atoms with E-state index in [1.807, 2.05) is 19.9 Å². The molecule has 5 nitrogen and oxygen atoms in total. The molecule has 1 fully saturated rings. The van der Waals surface area contributed by atoms with Crippen LogP contribution in [0, 0.1) is 18.3 Å². The molecule has 1 aliphatic heterocycles. The molecule has 0 aliphatic carbocycles. The van der Waals surface area contributed by atoms with Gasteiger partial charge >= 0.3 is 0 Å². The summed E-state index contributed by atoms with van der Waals surface area (Å²) in [5, 5.41) is 9.00. The SMILES string of the molecule is CCC1(C)COCCN1S(=O)(=O)c1cc(C#N)ccc1C. The average Bonchev–Trinajstić information content (AvgIpc) is 2.47. The molecule has 0 spiro atoms. The van der Waals surface area contributed by atoms with Crippen LogP contribution in [0.25, 0.3) is 0 Å². The van der Waals surface area contributed by atoms with Gasteiger partial charge in [-0.15, -0.1) is 0 Å². The second-order valence-corrected chi connectivity index (χ2v) is 7.40. The number of nitrogens with zero attached hydrogens (tertiary/aromatic N) is 2. The monoisotopic (exact) mass is 308 g/mol. The zero-order chi connectivity index (χ0) is 15.7. The molecule has 1 unspecified atom stereocenters. The number of morpholine rings is 1. The number of ether oxygens (including phenoxy) is 1. The summed E-state index contributed by atoms with van der Waals surface area (Å²) in [5.74, 6) is 0. The van der Waals surface area contributed by atoms with Gasteiger partial charge in [0.25, 0.3) is 0 Å². The third kappa shape index (κ3) is 2.82. The normalized spacial score (nSPS) is 23.7. The summed E-state index contributed by atoms with van der Waals surface area (Å²) in [6, 6.07) is 6.76. The van der Waals surface area contributed by atoms with Crippen LogP contribution in [0.15, 0.2) is 23.1 Å². The maximum Gasteiger partial charge on any atom is 0.244 e. The minimum absolute atomic E-state index is 0.211. The second-order valence-electron chi connectivity index (χ2n) is 5.57. The number of benzene rings is 1. The highest BCUT2D eigenvalue weighted by Gasteiger charge is 2.42. The quantitative estimate of drug-likeness (QED) is 0.857. The highest BCUT2D eigenvalue weighted by Crippen LogP contribution is 2.31. The Morgan fingerprint density at radius 2 is 2.19 bits per heavy atom. The van der Waals surface area contributed by atoms with Gasteiger partial charge in [0.15, 0.2) is 0 Å². The maximum atomic E-state index is 13.0. The number of aryl methyl sites for hydroxylation is 1. The molecule has 0 bridgehead atoms. The summed E-state index contributed by atoms with van der Waals surface area (Å²) >= 11 is 0. The molecule has 1 atom stereocenters. The molecule has 1 saturated heterocycles. The molecule has 0 amide bonds. The highest BCUT2D eigenvalue weighted by molar-refractivity contribution is 7.89. The van der Waals surface area contributed by atoms with Crippen molar-refractivity contribution >= 4 is 10.0 Å². The van der Waals surface area contributed by atoms with E-state index in [0.29, 0.717) is 37.3 Å². The van der Waals surface area contributed by atoms with Crippen molar-refractivity contribution in [2.45, 2.75) is 37.6 Å². The molecule has 0 N–H and O–H groups in total. The summed E-state index contributed by atoms with van der Waals surface area (Å²) in [5.41, 5.74) is 0.455. The number of hydrogen-bond acceptors (Lipinski definition) is 4. The molecule has 1 aromatic rings. The van der Waals surface area contributed by atoms with E-state index in [-0.39, 0.29) is 4.90 Å². The Hall–Kier alpha value is -1.42. The number of hydrogen-bond donors (Lipinski definition) is 0. The largest absolute Gasteiger partial charge is 0.378 e. The maximum absolute atomic E-state index is 13.0. The first-order chi connectivity index (χ1) is 9.85. The zero-order valence-corrected chi connectivity index (χ0v) is 13.4. The fourth-order valence-electron chi connectivity index (χ4n) is 2.54. The van der Waals surface area contributed by atoms with Gasteiger partial charge in [0.05, 0.1) is 35.3 Å². The molecule has 2 rings (SSSR count).